The van der Waals surface area contributed by atoms with Gasteiger partial charge in [0.15, 0.2) is 0 Å². The maximum Gasteiger partial charge on any atom is 0.327 e. The molecule has 0 aromatic heterocycles. The molecule has 2 amide bonds. The number of hydrogen-bond acceptors (Lipinski definition) is 5. The maximum atomic E-state index is 12.3. The number of fused-ring (bicyclic) bond motifs is 1. The molecule has 0 aromatic rings. The fourth-order valence-corrected chi connectivity index (χ4v) is 3.28. The first kappa shape index (κ1) is 15.0. The van der Waals surface area contributed by atoms with E-state index in [4.69, 9.17) is 4.74 Å². The number of nitrogens with zero attached hydrogens (tertiary/aromatic N) is 1. The molecule has 0 radical (unpaired) electrons. The summed E-state index contributed by atoms with van der Waals surface area (Å²) in [5, 5.41) is 3.01. The van der Waals surface area contributed by atoms with Gasteiger partial charge in [0.1, 0.15) is 5.54 Å². The van der Waals surface area contributed by atoms with E-state index in [-0.39, 0.29) is 35.6 Å². The number of carbonyl (C=O) groups excluding carboxylic acids is 3. The number of imide groups is 1. The molecule has 2 aliphatic rings. The van der Waals surface area contributed by atoms with Crippen LogP contribution in [-0.4, -0.2) is 48.4 Å². The Morgan fingerprint density at radius 2 is 1.85 bits per heavy atom. The monoisotopic (exact) mass is 282 g/mol. The molecular formula is C14H22N2O4. The van der Waals surface area contributed by atoms with Crippen LogP contribution in [0.3, 0.4) is 0 Å². The van der Waals surface area contributed by atoms with Gasteiger partial charge in [0.2, 0.25) is 11.8 Å². The Morgan fingerprint density at radius 1 is 1.35 bits per heavy atom. The molecule has 6 nitrogen and oxygen atoms in total. The van der Waals surface area contributed by atoms with Crippen molar-refractivity contribution in [2.24, 2.45) is 17.3 Å². The van der Waals surface area contributed by atoms with Crippen molar-refractivity contribution in [3.8, 4) is 0 Å². The lowest BCUT2D eigenvalue weighted by Gasteiger charge is -2.32. The van der Waals surface area contributed by atoms with Gasteiger partial charge >= 0.3 is 5.97 Å². The van der Waals surface area contributed by atoms with Crippen molar-refractivity contribution in [3.63, 3.8) is 0 Å². The summed E-state index contributed by atoms with van der Waals surface area (Å²) in [6.07, 6.45) is 0. The van der Waals surface area contributed by atoms with E-state index in [0.29, 0.717) is 6.54 Å². The predicted molar refractivity (Wildman–Crippen MR) is 71.6 cm³/mol. The number of ether oxygens (including phenoxy) is 1. The van der Waals surface area contributed by atoms with Crippen molar-refractivity contribution in [2.45, 2.75) is 33.2 Å². The van der Waals surface area contributed by atoms with Gasteiger partial charge in [-0.2, -0.15) is 0 Å². The number of amides is 2. The highest BCUT2D eigenvalue weighted by molar-refractivity contribution is 6.10. The normalized spacial score (nSPS) is 29.9. The Bertz CT molecular complexity index is 450. The number of nitrogens with one attached hydrogen (secondary N) is 1. The number of rotatable bonds is 5. The number of carbonyl (C=O) groups is 3. The number of piperidine rings is 1. The van der Waals surface area contributed by atoms with Crippen LogP contribution in [0.1, 0.15) is 27.7 Å². The van der Waals surface area contributed by atoms with Gasteiger partial charge in [-0.25, -0.2) is 4.79 Å². The van der Waals surface area contributed by atoms with E-state index in [9.17, 15) is 14.4 Å². The lowest BCUT2D eigenvalue weighted by atomic mass is 9.99. The predicted octanol–water partition coefficient (Wildman–Crippen LogP) is 0.169. The van der Waals surface area contributed by atoms with Crippen LogP contribution >= 0.6 is 0 Å². The standard InChI is InChI=1S/C14H22N2O4/c1-6-15-14(4,12(19)20-5)7-16-10(17)8-9(11(16)18)13(8,2)3/h8-9,15H,6-7H2,1-5H3. The lowest BCUT2D eigenvalue weighted by molar-refractivity contribution is -0.152. The summed E-state index contributed by atoms with van der Waals surface area (Å²) >= 11 is 0. The Morgan fingerprint density at radius 3 is 2.25 bits per heavy atom. The Hall–Kier alpha value is -1.43. The smallest absolute Gasteiger partial charge is 0.327 e. The first-order valence-corrected chi connectivity index (χ1v) is 6.89. The summed E-state index contributed by atoms with van der Waals surface area (Å²) in [5.74, 6) is -1.26. The number of hydrogen-bond donors (Lipinski definition) is 1. The molecule has 0 bridgehead atoms. The zero-order chi connectivity index (χ0) is 15.3. The summed E-state index contributed by atoms with van der Waals surface area (Å²) in [4.78, 5) is 37.7. The summed E-state index contributed by atoms with van der Waals surface area (Å²) < 4.78 is 4.78. The van der Waals surface area contributed by atoms with E-state index in [0.717, 1.165) is 0 Å². The molecule has 3 unspecified atom stereocenters. The van der Waals surface area contributed by atoms with Crippen LogP contribution in [0, 0.1) is 17.3 Å². The largest absolute Gasteiger partial charge is 0.468 e. The van der Waals surface area contributed by atoms with E-state index < -0.39 is 11.5 Å². The summed E-state index contributed by atoms with van der Waals surface area (Å²) in [5.41, 5.74) is -1.29. The maximum absolute atomic E-state index is 12.3. The van der Waals surface area contributed by atoms with Crippen molar-refractivity contribution in [1.82, 2.24) is 10.2 Å². The van der Waals surface area contributed by atoms with Crippen molar-refractivity contribution < 1.29 is 19.1 Å². The summed E-state index contributed by atoms with van der Waals surface area (Å²) in [7, 11) is 1.30. The molecule has 1 saturated heterocycles. The van der Waals surface area contributed by atoms with Gasteiger partial charge in [-0.05, 0) is 18.9 Å². The molecule has 1 heterocycles. The SMILES string of the molecule is CCNC(C)(CN1C(=O)C2C(C1=O)C2(C)C)C(=O)OC. The van der Waals surface area contributed by atoms with Crippen LogP contribution in [0.25, 0.3) is 0 Å². The molecule has 112 valence electrons. The first-order chi connectivity index (χ1) is 9.20. The van der Waals surface area contributed by atoms with Crippen LogP contribution in [0.4, 0.5) is 0 Å². The zero-order valence-corrected chi connectivity index (χ0v) is 12.6. The van der Waals surface area contributed by atoms with Crippen LogP contribution in [0.5, 0.6) is 0 Å². The average Bonchev–Trinajstić information content (AvgIpc) is 2.86. The minimum Gasteiger partial charge on any atom is -0.468 e. The highest BCUT2D eigenvalue weighted by atomic mass is 16.5. The van der Waals surface area contributed by atoms with Gasteiger partial charge < -0.3 is 10.1 Å². The second-order valence-corrected chi connectivity index (χ2v) is 6.39. The molecule has 20 heavy (non-hydrogen) atoms. The van der Waals surface area contributed by atoms with Gasteiger partial charge in [0.25, 0.3) is 0 Å². The molecular weight excluding hydrogens is 260 g/mol. The molecule has 1 aliphatic heterocycles. The van der Waals surface area contributed by atoms with E-state index in [1.165, 1.54) is 12.0 Å². The minimum atomic E-state index is -1.06. The van der Waals surface area contributed by atoms with Crippen LogP contribution in [0.15, 0.2) is 0 Å². The van der Waals surface area contributed by atoms with Crippen molar-refractivity contribution in [3.05, 3.63) is 0 Å². The highest BCUT2D eigenvalue weighted by Crippen LogP contribution is 2.63. The average molecular weight is 282 g/mol. The number of likely N-dealkylation sites (tertiary alicyclic amines) is 1. The Balaban J connectivity index is 2.16. The van der Waals surface area contributed by atoms with E-state index in [2.05, 4.69) is 5.32 Å². The molecule has 2 rings (SSSR count). The molecule has 0 aromatic carbocycles. The van der Waals surface area contributed by atoms with Gasteiger partial charge in [0.05, 0.1) is 25.5 Å². The van der Waals surface area contributed by atoms with E-state index in [1.807, 2.05) is 20.8 Å². The fourth-order valence-electron chi connectivity index (χ4n) is 3.28. The quantitative estimate of drug-likeness (QED) is 0.574. The van der Waals surface area contributed by atoms with Gasteiger partial charge in [-0.15, -0.1) is 0 Å². The highest BCUT2D eigenvalue weighted by Gasteiger charge is 2.72. The molecule has 1 aliphatic carbocycles. The second-order valence-electron chi connectivity index (χ2n) is 6.39. The number of methoxy groups -OCH3 is 1. The van der Waals surface area contributed by atoms with Gasteiger partial charge in [0, 0.05) is 0 Å². The van der Waals surface area contributed by atoms with Crippen LogP contribution in [-0.2, 0) is 19.1 Å². The minimum absolute atomic E-state index is 0.0221. The molecule has 1 N–H and O–H groups in total. The van der Waals surface area contributed by atoms with Gasteiger partial charge in [-0.3, -0.25) is 14.5 Å². The fraction of sp³-hybridized carbons (Fsp3) is 0.786. The third-order valence-electron chi connectivity index (χ3n) is 4.57. The van der Waals surface area contributed by atoms with E-state index in [1.54, 1.807) is 6.92 Å². The number of likely N-dealkylation sites (N-methyl/N-ethyl adjacent to an activating group) is 1. The molecule has 3 atom stereocenters. The third-order valence-corrected chi connectivity index (χ3v) is 4.57. The first-order valence-electron chi connectivity index (χ1n) is 6.89. The Kier molecular flexibility index (Phi) is 3.40. The van der Waals surface area contributed by atoms with Crippen molar-refractivity contribution in [2.75, 3.05) is 20.2 Å². The lowest BCUT2D eigenvalue weighted by Crippen LogP contribution is -2.59. The van der Waals surface area contributed by atoms with Crippen molar-refractivity contribution in [1.29, 1.82) is 0 Å². The molecule has 2 fully saturated rings. The summed E-state index contributed by atoms with van der Waals surface area (Å²) in [6.45, 7) is 7.93. The van der Waals surface area contributed by atoms with Crippen LogP contribution in [0.2, 0.25) is 0 Å². The third kappa shape index (κ3) is 1.93. The number of esters is 1. The second kappa shape index (κ2) is 4.55. The molecule has 6 heteroatoms. The van der Waals surface area contributed by atoms with Crippen LogP contribution < -0.4 is 5.32 Å². The Labute approximate surface area is 118 Å². The van der Waals surface area contributed by atoms with Crippen molar-refractivity contribution >= 4 is 17.8 Å². The zero-order valence-electron chi connectivity index (χ0n) is 12.6. The topological polar surface area (TPSA) is 75.7 Å². The summed E-state index contributed by atoms with van der Waals surface area (Å²) in [6, 6.07) is 0. The molecule has 1 saturated carbocycles. The van der Waals surface area contributed by atoms with Gasteiger partial charge in [-0.1, -0.05) is 20.8 Å². The van der Waals surface area contributed by atoms with E-state index >= 15 is 0 Å². The molecule has 0 spiro atoms.